The van der Waals surface area contributed by atoms with E-state index in [0.717, 1.165) is 11.1 Å². The lowest BCUT2D eigenvalue weighted by Gasteiger charge is -2.31. The van der Waals surface area contributed by atoms with Crippen molar-refractivity contribution < 1.29 is 14.3 Å². The van der Waals surface area contributed by atoms with Crippen molar-refractivity contribution in [3.63, 3.8) is 0 Å². The van der Waals surface area contributed by atoms with E-state index in [9.17, 15) is 9.59 Å². The number of halogens is 2. The van der Waals surface area contributed by atoms with Crippen LogP contribution in [0.15, 0.2) is 78.9 Å². The Morgan fingerprint density at radius 2 is 1.60 bits per heavy atom. The Hall–Kier alpha value is -3.02. The van der Waals surface area contributed by atoms with Crippen molar-refractivity contribution in [2.24, 2.45) is 5.92 Å². The molecule has 0 radical (unpaired) electrons. The van der Waals surface area contributed by atoms with Crippen molar-refractivity contribution in [1.82, 2.24) is 10.2 Å². The molecule has 3 aromatic rings. The van der Waals surface area contributed by atoms with E-state index in [-0.39, 0.29) is 30.9 Å². The van der Waals surface area contributed by atoms with Crippen LogP contribution in [0.2, 0.25) is 10.0 Å². The first-order valence-corrected chi connectivity index (χ1v) is 12.3. The molecule has 35 heavy (non-hydrogen) atoms. The van der Waals surface area contributed by atoms with E-state index in [1.54, 1.807) is 41.3 Å². The largest absolute Gasteiger partial charge is 0.484 e. The molecule has 0 aliphatic rings. The van der Waals surface area contributed by atoms with Crippen LogP contribution in [0.4, 0.5) is 0 Å². The Morgan fingerprint density at radius 1 is 0.886 bits per heavy atom. The van der Waals surface area contributed by atoms with Gasteiger partial charge in [0.05, 0.1) is 0 Å². The lowest BCUT2D eigenvalue weighted by Crippen LogP contribution is -2.52. The first-order valence-electron chi connectivity index (χ1n) is 11.6. The Bertz CT molecular complexity index is 1100. The zero-order chi connectivity index (χ0) is 25.2. The van der Waals surface area contributed by atoms with Crippen molar-refractivity contribution in [1.29, 1.82) is 0 Å². The van der Waals surface area contributed by atoms with Crippen LogP contribution in [-0.2, 0) is 22.6 Å². The van der Waals surface area contributed by atoms with E-state index in [4.69, 9.17) is 27.9 Å². The first kappa shape index (κ1) is 26.6. The third-order valence-corrected chi connectivity index (χ3v) is 5.87. The third kappa shape index (κ3) is 8.61. The number of hydrogen-bond donors (Lipinski definition) is 1. The SMILES string of the molecule is CC(C)CNC(=O)[C@@H](Cc1ccccc1)N(Cc1ccc(Cl)cc1)C(=O)COc1cccc(Cl)c1. The van der Waals surface area contributed by atoms with Crippen molar-refractivity contribution in [3.05, 3.63) is 100 Å². The first-order chi connectivity index (χ1) is 16.8. The van der Waals surface area contributed by atoms with Gasteiger partial charge < -0.3 is 15.0 Å². The van der Waals surface area contributed by atoms with Crippen molar-refractivity contribution in [2.75, 3.05) is 13.2 Å². The number of nitrogens with one attached hydrogen (secondary N) is 1. The number of nitrogens with zero attached hydrogens (tertiary/aromatic N) is 1. The maximum absolute atomic E-state index is 13.5. The predicted molar refractivity (Wildman–Crippen MR) is 141 cm³/mol. The van der Waals surface area contributed by atoms with Gasteiger partial charge in [-0.1, -0.05) is 85.6 Å². The van der Waals surface area contributed by atoms with Crippen LogP contribution in [0.3, 0.4) is 0 Å². The minimum Gasteiger partial charge on any atom is -0.484 e. The second-order valence-electron chi connectivity index (χ2n) is 8.74. The number of benzene rings is 3. The zero-order valence-electron chi connectivity index (χ0n) is 19.9. The number of hydrogen-bond acceptors (Lipinski definition) is 3. The van der Waals surface area contributed by atoms with Gasteiger partial charge in [-0.25, -0.2) is 0 Å². The Balaban J connectivity index is 1.89. The summed E-state index contributed by atoms with van der Waals surface area (Å²) in [6, 6.07) is 23.1. The van der Waals surface area contributed by atoms with Gasteiger partial charge in [0.15, 0.2) is 6.61 Å². The highest BCUT2D eigenvalue weighted by Crippen LogP contribution is 2.19. The summed E-state index contributed by atoms with van der Waals surface area (Å²) in [6.07, 6.45) is 0.376. The zero-order valence-corrected chi connectivity index (χ0v) is 21.4. The van der Waals surface area contributed by atoms with Crippen LogP contribution in [0.5, 0.6) is 5.75 Å². The minimum atomic E-state index is -0.720. The molecule has 5 nitrogen and oxygen atoms in total. The highest BCUT2D eigenvalue weighted by atomic mass is 35.5. The van der Waals surface area contributed by atoms with Gasteiger partial charge in [-0.15, -0.1) is 0 Å². The average molecular weight is 513 g/mol. The molecule has 184 valence electrons. The molecule has 7 heteroatoms. The standard InChI is InChI=1S/C28H30Cl2N2O3/c1-20(2)17-31-28(34)26(15-21-7-4-3-5-8-21)32(18-22-11-13-23(29)14-12-22)27(33)19-35-25-10-6-9-24(30)16-25/h3-14,16,20,26H,15,17-19H2,1-2H3,(H,31,34)/t26-/m1/s1. The van der Waals surface area contributed by atoms with Gasteiger partial charge in [-0.2, -0.15) is 0 Å². The number of carbonyl (C=O) groups excluding carboxylic acids is 2. The molecule has 0 spiro atoms. The van der Waals surface area contributed by atoms with Gasteiger partial charge in [0.25, 0.3) is 5.91 Å². The van der Waals surface area contributed by atoms with E-state index < -0.39 is 6.04 Å². The highest BCUT2D eigenvalue weighted by molar-refractivity contribution is 6.30. The molecule has 0 unspecified atom stereocenters. The third-order valence-electron chi connectivity index (χ3n) is 5.38. The predicted octanol–water partition coefficient (Wildman–Crippen LogP) is 5.78. The monoisotopic (exact) mass is 512 g/mol. The lowest BCUT2D eigenvalue weighted by atomic mass is 10.0. The summed E-state index contributed by atoms with van der Waals surface area (Å²) < 4.78 is 5.74. The van der Waals surface area contributed by atoms with Gasteiger partial charge in [0.1, 0.15) is 11.8 Å². The van der Waals surface area contributed by atoms with Crippen molar-refractivity contribution in [3.8, 4) is 5.75 Å². The maximum atomic E-state index is 13.5. The summed E-state index contributed by atoms with van der Waals surface area (Å²) in [6.45, 7) is 4.59. The molecular formula is C28H30Cl2N2O3. The fraction of sp³-hybridized carbons (Fsp3) is 0.286. The second-order valence-corrected chi connectivity index (χ2v) is 9.61. The van der Waals surface area contributed by atoms with Crippen LogP contribution in [0.1, 0.15) is 25.0 Å². The minimum absolute atomic E-state index is 0.201. The molecule has 3 aromatic carbocycles. The summed E-state index contributed by atoms with van der Waals surface area (Å²) in [5.74, 6) is 0.261. The molecule has 0 bridgehead atoms. The Labute approximate surface area is 217 Å². The van der Waals surface area contributed by atoms with Crippen molar-refractivity contribution in [2.45, 2.75) is 32.9 Å². The molecule has 0 heterocycles. The van der Waals surface area contributed by atoms with E-state index >= 15 is 0 Å². The number of carbonyl (C=O) groups is 2. The molecule has 0 saturated carbocycles. The lowest BCUT2D eigenvalue weighted by molar-refractivity contribution is -0.142. The van der Waals surface area contributed by atoms with E-state index in [1.807, 2.05) is 56.3 Å². The fourth-order valence-electron chi connectivity index (χ4n) is 3.55. The van der Waals surface area contributed by atoms with Gasteiger partial charge in [0.2, 0.25) is 5.91 Å². The number of ether oxygens (including phenoxy) is 1. The van der Waals surface area contributed by atoms with Crippen molar-refractivity contribution >= 4 is 35.0 Å². The molecule has 3 rings (SSSR count). The van der Waals surface area contributed by atoms with Crippen LogP contribution in [0.25, 0.3) is 0 Å². The summed E-state index contributed by atoms with van der Waals surface area (Å²) in [4.78, 5) is 28.5. The van der Waals surface area contributed by atoms with Crippen LogP contribution >= 0.6 is 23.2 Å². The molecule has 1 N–H and O–H groups in total. The topological polar surface area (TPSA) is 58.6 Å². The van der Waals surface area contributed by atoms with Gasteiger partial charge >= 0.3 is 0 Å². The van der Waals surface area contributed by atoms with Crippen LogP contribution in [-0.4, -0.2) is 35.9 Å². The van der Waals surface area contributed by atoms with Gasteiger partial charge in [0, 0.05) is 29.6 Å². The number of rotatable bonds is 11. The summed E-state index contributed by atoms with van der Waals surface area (Å²) in [5, 5.41) is 4.12. The van der Waals surface area contributed by atoms with E-state index in [0.29, 0.717) is 28.8 Å². The normalized spacial score (nSPS) is 11.7. The smallest absolute Gasteiger partial charge is 0.261 e. The number of amides is 2. The maximum Gasteiger partial charge on any atom is 0.261 e. The summed E-state index contributed by atoms with van der Waals surface area (Å²) in [5.41, 5.74) is 1.82. The molecule has 0 fully saturated rings. The molecule has 0 saturated heterocycles. The quantitative estimate of drug-likeness (QED) is 0.354. The fourth-order valence-corrected chi connectivity index (χ4v) is 3.85. The van der Waals surface area contributed by atoms with Gasteiger partial charge in [-0.3, -0.25) is 9.59 Å². The molecule has 0 aromatic heterocycles. The Morgan fingerprint density at radius 3 is 2.26 bits per heavy atom. The van der Waals surface area contributed by atoms with Gasteiger partial charge in [-0.05, 0) is 47.4 Å². The van der Waals surface area contributed by atoms with Crippen LogP contribution < -0.4 is 10.1 Å². The van der Waals surface area contributed by atoms with E-state index in [2.05, 4.69) is 5.32 Å². The summed E-state index contributed by atoms with van der Waals surface area (Å²) >= 11 is 12.1. The summed E-state index contributed by atoms with van der Waals surface area (Å²) in [7, 11) is 0. The molecule has 0 aliphatic heterocycles. The van der Waals surface area contributed by atoms with E-state index in [1.165, 1.54) is 0 Å². The Kier molecular flexibility index (Phi) is 10.0. The van der Waals surface area contributed by atoms with Crippen LogP contribution in [0, 0.1) is 5.92 Å². The molecule has 2 amide bonds. The molecule has 0 aliphatic carbocycles. The highest BCUT2D eigenvalue weighted by Gasteiger charge is 2.30. The average Bonchev–Trinajstić information content (AvgIpc) is 2.85. The molecular weight excluding hydrogens is 483 g/mol. The second kappa shape index (κ2) is 13.2. The molecule has 1 atom stereocenters.